The minimum atomic E-state index is -0.397. The molecule has 6 heteroatoms. The van der Waals surface area contributed by atoms with Gasteiger partial charge in [0.15, 0.2) is 0 Å². The molecule has 2 aliphatic rings. The topological polar surface area (TPSA) is 57.2 Å². The Kier molecular flexibility index (Phi) is 5.62. The SMILES string of the molecule is COc1cccc(Oc2ccc(F)c3c2CCC3Oc2ccc3c(c2)OCC3CCO)c1. The molecule has 0 aromatic heterocycles. The highest BCUT2D eigenvalue weighted by Gasteiger charge is 2.31. The lowest BCUT2D eigenvalue weighted by Crippen LogP contribution is -2.06. The molecule has 3 aromatic rings. The van der Waals surface area contributed by atoms with Gasteiger partial charge in [0.25, 0.3) is 0 Å². The van der Waals surface area contributed by atoms with Crippen LogP contribution in [0.25, 0.3) is 0 Å². The van der Waals surface area contributed by atoms with Crippen molar-refractivity contribution in [1.82, 2.24) is 0 Å². The molecule has 3 aromatic carbocycles. The third-order valence-corrected chi connectivity index (χ3v) is 6.13. The van der Waals surface area contributed by atoms with Crippen LogP contribution in [-0.4, -0.2) is 25.4 Å². The maximum atomic E-state index is 14.8. The zero-order chi connectivity index (χ0) is 22.1. The van der Waals surface area contributed by atoms with E-state index in [-0.39, 0.29) is 18.3 Å². The van der Waals surface area contributed by atoms with Crippen molar-refractivity contribution in [1.29, 1.82) is 0 Å². The average molecular weight is 436 g/mol. The Balaban J connectivity index is 1.38. The van der Waals surface area contributed by atoms with Crippen LogP contribution in [0.15, 0.2) is 54.6 Å². The van der Waals surface area contributed by atoms with Crippen molar-refractivity contribution in [2.75, 3.05) is 20.3 Å². The number of benzene rings is 3. The Morgan fingerprint density at radius 2 is 1.94 bits per heavy atom. The molecule has 32 heavy (non-hydrogen) atoms. The summed E-state index contributed by atoms with van der Waals surface area (Å²) in [6, 6.07) is 16.2. The van der Waals surface area contributed by atoms with E-state index in [2.05, 4.69) is 0 Å². The lowest BCUT2D eigenvalue weighted by Gasteiger charge is -2.17. The number of hydrogen-bond acceptors (Lipinski definition) is 5. The van der Waals surface area contributed by atoms with Gasteiger partial charge in [-0.15, -0.1) is 0 Å². The molecular formula is C26H25FO5. The molecule has 2 atom stereocenters. The number of halogens is 1. The highest BCUT2D eigenvalue weighted by molar-refractivity contribution is 5.49. The summed E-state index contributed by atoms with van der Waals surface area (Å²) in [5.41, 5.74) is 2.46. The van der Waals surface area contributed by atoms with Crippen LogP contribution in [0.2, 0.25) is 0 Å². The van der Waals surface area contributed by atoms with Gasteiger partial charge < -0.3 is 24.1 Å². The lowest BCUT2D eigenvalue weighted by molar-refractivity contribution is 0.202. The molecule has 5 nitrogen and oxygen atoms in total. The maximum Gasteiger partial charge on any atom is 0.131 e. The van der Waals surface area contributed by atoms with E-state index in [1.54, 1.807) is 19.2 Å². The van der Waals surface area contributed by atoms with Gasteiger partial charge in [0.05, 0.1) is 13.7 Å². The van der Waals surface area contributed by atoms with Crippen LogP contribution >= 0.6 is 0 Å². The fourth-order valence-corrected chi connectivity index (χ4v) is 4.54. The third kappa shape index (κ3) is 3.86. The van der Waals surface area contributed by atoms with Crippen molar-refractivity contribution in [3.05, 3.63) is 77.1 Å². The van der Waals surface area contributed by atoms with Crippen LogP contribution in [-0.2, 0) is 6.42 Å². The first-order valence-corrected chi connectivity index (χ1v) is 10.8. The third-order valence-electron chi connectivity index (χ3n) is 6.13. The monoisotopic (exact) mass is 436 g/mol. The second-order valence-electron chi connectivity index (χ2n) is 8.08. The normalized spacial score (nSPS) is 18.6. The van der Waals surface area contributed by atoms with E-state index in [1.165, 1.54) is 6.07 Å². The number of aliphatic hydroxyl groups excluding tert-OH is 1. The summed E-state index contributed by atoms with van der Waals surface area (Å²) >= 11 is 0. The molecule has 0 bridgehead atoms. The van der Waals surface area contributed by atoms with Gasteiger partial charge in [-0.05, 0) is 49.6 Å². The van der Waals surface area contributed by atoms with Gasteiger partial charge in [-0.3, -0.25) is 0 Å². The number of fused-ring (bicyclic) bond motifs is 2. The molecule has 0 saturated carbocycles. The van der Waals surface area contributed by atoms with E-state index in [9.17, 15) is 9.50 Å². The molecule has 1 aliphatic heterocycles. The van der Waals surface area contributed by atoms with Gasteiger partial charge in [-0.25, -0.2) is 4.39 Å². The number of ether oxygens (including phenoxy) is 4. The Bertz CT molecular complexity index is 1130. The molecule has 1 aliphatic carbocycles. The Labute approximate surface area is 186 Å². The molecule has 1 N–H and O–H groups in total. The second kappa shape index (κ2) is 8.71. The van der Waals surface area contributed by atoms with Crippen LogP contribution < -0.4 is 18.9 Å². The van der Waals surface area contributed by atoms with Crippen molar-refractivity contribution in [2.24, 2.45) is 0 Å². The molecule has 0 spiro atoms. The summed E-state index contributed by atoms with van der Waals surface area (Å²) in [6.45, 7) is 0.690. The van der Waals surface area contributed by atoms with Crippen LogP contribution in [0, 0.1) is 5.82 Å². The molecule has 0 saturated heterocycles. The second-order valence-corrected chi connectivity index (χ2v) is 8.08. The number of aliphatic hydroxyl groups is 1. The van der Waals surface area contributed by atoms with Crippen molar-refractivity contribution in [3.63, 3.8) is 0 Å². The predicted molar refractivity (Wildman–Crippen MR) is 118 cm³/mol. The Morgan fingerprint density at radius 1 is 1.06 bits per heavy atom. The molecule has 2 unspecified atom stereocenters. The molecule has 5 rings (SSSR count). The molecule has 0 amide bonds. The average Bonchev–Trinajstić information content (AvgIpc) is 3.41. The first-order chi connectivity index (χ1) is 15.7. The zero-order valence-corrected chi connectivity index (χ0v) is 17.8. The largest absolute Gasteiger partial charge is 0.497 e. The fraction of sp³-hybridized carbons (Fsp3) is 0.308. The number of methoxy groups -OCH3 is 1. The van der Waals surface area contributed by atoms with Crippen LogP contribution in [0.5, 0.6) is 28.7 Å². The predicted octanol–water partition coefficient (Wildman–Crippen LogP) is 5.55. The van der Waals surface area contributed by atoms with Gasteiger partial charge in [0.2, 0.25) is 0 Å². The van der Waals surface area contributed by atoms with Gasteiger partial charge >= 0.3 is 0 Å². The summed E-state index contributed by atoms with van der Waals surface area (Å²) in [5, 5.41) is 9.22. The molecular weight excluding hydrogens is 411 g/mol. The van der Waals surface area contributed by atoms with Crippen LogP contribution in [0.3, 0.4) is 0 Å². The highest BCUT2D eigenvalue weighted by atomic mass is 19.1. The zero-order valence-electron chi connectivity index (χ0n) is 17.8. The lowest BCUT2D eigenvalue weighted by atomic mass is 9.98. The van der Waals surface area contributed by atoms with E-state index in [4.69, 9.17) is 18.9 Å². The van der Waals surface area contributed by atoms with Crippen LogP contribution in [0.1, 0.15) is 41.6 Å². The van der Waals surface area contributed by atoms with Crippen molar-refractivity contribution < 1.29 is 28.4 Å². The summed E-state index contributed by atoms with van der Waals surface area (Å²) in [6.07, 6.45) is 1.60. The minimum absolute atomic E-state index is 0.129. The summed E-state index contributed by atoms with van der Waals surface area (Å²) in [5.74, 6) is 3.29. The summed E-state index contributed by atoms with van der Waals surface area (Å²) in [7, 11) is 1.60. The van der Waals surface area contributed by atoms with Gasteiger partial charge in [0.1, 0.15) is 40.7 Å². The fourth-order valence-electron chi connectivity index (χ4n) is 4.54. The number of hydrogen-bond donors (Lipinski definition) is 1. The quantitative estimate of drug-likeness (QED) is 0.526. The van der Waals surface area contributed by atoms with Crippen molar-refractivity contribution in [3.8, 4) is 28.7 Å². The van der Waals surface area contributed by atoms with Crippen molar-refractivity contribution in [2.45, 2.75) is 31.3 Å². The van der Waals surface area contributed by atoms with Crippen LogP contribution in [0.4, 0.5) is 4.39 Å². The summed E-state index contributed by atoms with van der Waals surface area (Å²) in [4.78, 5) is 0. The Hall–Kier alpha value is -3.25. The smallest absolute Gasteiger partial charge is 0.131 e. The Morgan fingerprint density at radius 3 is 2.78 bits per heavy atom. The maximum absolute atomic E-state index is 14.8. The molecule has 0 fully saturated rings. The first kappa shape index (κ1) is 20.6. The van der Waals surface area contributed by atoms with E-state index < -0.39 is 6.10 Å². The molecule has 1 heterocycles. The summed E-state index contributed by atoms with van der Waals surface area (Å²) < 4.78 is 38.1. The first-order valence-electron chi connectivity index (χ1n) is 10.8. The van der Waals surface area contributed by atoms with E-state index in [0.29, 0.717) is 54.4 Å². The molecule has 0 radical (unpaired) electrons. The highest BCUT2D eigenvalue weighted by Crippen LogP contribution is 2.44. The van der Waals surface area contributed by atoms with E-state index in [0.717, 1.165) is 16.9 Å². The van der Waals surface area contributed by atoms with Gasteiger partial charge in [0, 0.05) is 41.3 Å². The van der Waals surface area contributed by atoms with Crippen molar-refractivity contribution >= 4 is 0 Å². The minimum Gasteiger partial charge on any atom is -0.497 e. The van der Waals surface area contributed by atoms with Gasteiger partial charge in [-0.1, -0.05) is 12.1 Å². The molecule has 166 valence electrons. The van der Waals surface area contributed by atoms with Gasteiger partial charge in [-0.2, -0.15) is 0 Å². The van der Waals surface area contributed by atoms with E-state index >= 15 is 0 Å². The van der Waals surface area contributed by atoms with E-state index in [1.807, 2.05) is 36.4 Å². The standard InChI is InChI=1S/C26H25FO5/c1-29-17-3-2-4-18(13-17)31-23-10-8-22(27)26-21(23)7-9-24(26)32-19-5-6-20-16(11-12-28)15-30-25(20)14-19/h2-6,8,10,13-14,16,24,28H,7,9,11-12,15H2,1H3. The number of rotatable bonds is 7.